The number of phenols is 1. The Labute approximate surface area is 83.9 Å². The molecule has 0 radical (unpaired) electrons. The summed E-state index contributed by atoms with van der Waals surface area (Å²) in [6.45, 7) is 0. The molecule has 0 heterocycles. The highest BCUT2D eigenvalue weighted by Gasteiger charge is 2.20. The SMILES string of the molecule is NC(C(=O)O)c1ccc(O)c([N+](=O)[O-])c1. The number of nitrogens with two attached hydrogens (primary N) is 1. The van der Waals surface area contributed by atoms with Crippen molar-refractivity contribution in [3.8, 4) is 5.75 Å². The van der Waals surface area contributed by atoms with E-state index in [1.165, 1.54) is 6.07 Å². The topological polar surface area (TPSA) is 127 Å². The van der Waals surface area contributed by atoms with Crippen molar-refractivity contribution in [1.82, 2.24) is 0 Å². The number of carboxylic acids is 1. The van der Waals surface area contributed by atoms with Gasteiger partial charge in [-0.05, 0) is 11.6 Å². The third kappa shape index (κ3) is 2.20. The number of carboxylic acid groups (broad SMARTS) is 1. The molecule has 1 rings (SSSR count). The summed E-state index contributed by atoms with van der Waals surface area (Å²) in [5.74, 6) is -1.82. The first-order valence-corrected chi connectivity index (χ1v) is 3.89. The summed E-state index contributed by atoms with van der Waals surface area (Å²) in [5.41, 5.74) is 4.75. The first-order chi connectivity index (χ1) is 6.93. The van der Waals surface area contributed by atoms with Crippen LogP contribution in [0.5, 0.6) is 5.75 Å². The lowest BCUT2D eigenvalue weighted by molar-refractivity contribution is -0.385. The summed E-state index contributed by atoms with van der Waals surface area (Å²) in [5, 5.41) is 28.1. The molecule has 1 aromatic rings. The molecule has 80 valence electrons. The zero-order valence-corrected chi connectivity index (χ0v) is 7.45. The zero-order chi connectivity index (χ0) is 11.6. The molecule has 0 spiro atoms. The van der Waals surface area contributed by atoms with Crippen LogP contribution in [-0.2, 0) is 4.79 Å². The largest absolute Gasteiger partial charge is 0.502 e. The van der Waals surface area contributed by atoms with Crippen LogP contribution < -0.4 is 5.73 Å². The van der Waals surface area contributed by atoms with Crippen molar-refractivity contribution in [2.24, 2.45) is 5.73 Å². The van der Waals surface area contributed by atoms with E-state index in [-0.39, 0.29) is 5.56 Å². The van der Waals surface area contributed by atoms with Gasteiger partial charge in [0.2, 0.25) is 0 Å². The number of nitro groups is 1. The fraction of sp³-hybridized carbons (Fsp3) is 0.125. The number of aliphatic carboxylic acids is 1. The van der Waals surface area contributed by atoms with E-state index >= 15 is 0 Å². The number of hydrogen-bond acceptors (Lipinski definition) is 5. The molecule has 15 heavy (non-hydrogen) atoms. The highest BCUT2D eigenvalue weighted by Crippen LogP contribution is 2.28. The molecule has 1 unspecified atom stereocenters. The highest BCUT2D eigenvalue weighted by atomic mass is 16.6. The van der Waals surface area contributed by atoms with E-state index in [9.17, 15) is 14.9 Å². The number of nitrogens with zero attached hydrogens (tertiary/aromatic N) is 1. The van der Waals surface area contributed by atoms with Gasteiger partial charge >= 0.3 is 11.7 Å². The van der Waals surface area contributed by atoms with Gasteiger partial charge in [-0.25, -0.2) is 0 Å². The van der Waals surface area contributed by atoms with E-state index in [2.05, 4.69) is 0 Å². The predicted octanol–water partition coefficient (Wildman–Crippen LogP) is 0.385. The van der Waals surface area contributed by atoms with E-state index in [4.69, 9.17) is 15.9 Å². The maximum absolute atomic E-state index is 10.5. The molecule has 0 amide bonds. The molecule has 4 N–H and O–H groups in total. The Hall–Kier alpha value is -2.15. The van der Waals surface area contributed by atoms with Gasteiger partial charge < -0.3 is 15.9 Å². The Bertz CT molecular complexity index is 417. The minimum Gasteiger partial charge on any atom is -0.502 e. The van der Waals surface area contributed by atoms with Crippen LogP contribution in [0.2, 0.25) is 0 Å². The van der Waals surface area contributed by atoms with Crippen LogP contribution in [0.4, 0.5) is 5.69 Å². The van der Waals surface area contributed by atoms with Gasteiger partial charge in [0.05, 0.1) is 4.92 Å². The normalized spacial score (nSPS) is 12.1. The van der Waals surface area contributed by atoms with Gasteiger partial charge in [-0.15, -0.1) is 0 Å². The molecule has 1 atom stereocenters. The van der Waals surface area contributed by atoms with Crippen molar-refractivity contribution < 1.29 is 19.9 Å². The van der Waals surface area contributed by atoms with Crippen molar-refractivity contribution in [2.75, 3.05) is 0 Å². The molecule has 0 aromatic heterocycles. The van der Waals surface area contributed by atoms with Crippen molar-refractivity contribution in [2.45, 2.75) is 6.04 Å². The average molecular weight is 212 g/mol. The maximum Gasteiger partial charge on any atom is 0.325 e. The average Bonchev–Trinajstić information content (AvgIpc) is 2.16. The van der Waals surface area contributed by atoms with Crippen LogP contribution in [-0.4, -0.2) is 21.1 Å². The molecule has 0 saturated heterocycles. The van der Waals surface area contributed by atoms with E-state index in [0.717, 1.165) is 12.1 Å². The first-order valence-electron chi connectivity index (χ1n) is 3.89. The van der Waals surface area contributed by atoms with Crippen molar-refractivity contribution in [3.05, 3.63) is 33.9 Å². The molecule has 0 aliphatic heterocycles. The minimum atomic E-state index is -1.34. The molecular weight excluding hydrogens is 204 g/mol. The number of carbonyl (C=O) groups is 1. The van der Waals surface area contributed by atoms with E-state index in [1.807, 2.05) is 0 Å². The fourth-order valence-corrected chi connectivity index (χ4v) is 1.02. The summed E-state index contributed by atoms with van der Waals surface area (Å²) < 4.78 is 0. The molecule has 0 saturated carbocycles. The Morgan fingerprint density at radius 2 is 2.13 bits per heavy atom. The monoisotopic (exact) mass is 212 g/mol. The second kappa shape index (κ2) is 3.93. The molecular formula is C8H8N2O5. The van der Waals surface area contributed by atoms with E-state index in [0.29, 0.717) is 0 Å². The maximum atomic E-state index is 10.5. The van der Waals surface area contributed by atoms with Gasteiger partial charge in [0.15, 0.2) is 5.75 Å². The zero-order valence-electron chi connectivity index (χ0n) is 7.45. The number of aromatic hydroxyl groups is 1. The molecule has 7 heteroatoms. The van der Waals surface area contributed by atoms with Gasteiger partial charge in [0, 0.05) is 6.07 Å². The molecule has 1 aromatic carbocycles. The van der Waals surface area contributed by atoms with Gasteiger partial charge in [0.25, 0.3) is 0 Å². The summed E-state index contributed by atoms with van der Waals surface area (Å²) in [7, 11) is 0. The van der Waals surface area contributed by atoms with Crippen LogP contribution in [0, 0.1) is 10.1 Å². The van der Waals surface area contributed by atoms with Gasteiger partial charge in [-0.2, -0.15) is 0 Å². The smallest absolute Gasteiger partial charge is 0.325 e. The summed E-state index contributed by atoms with van der Waals surface area (Å²) in [4.78, 5) is 20.1. The van der Waals surface area contributed by atoms with E-state index < -0.39 is 28.4 Å². The molecule has 0 aliphatic rings. The van der Waals surface area contributed by atoms with E-state index in [1.54, 1.807) is 0 Å². The number of nitro benzene ring substituents is 1. The van der Waals surface area contributed by atoms with Gasteiger partial charge in [-0.3, -0.25) is 14.9 Å². The molecule has 0 fully saturated rings. The van der Waals surface area contributed by atoms with Gasteiger partial charge in [-0.1, -0.05) is 6.07 Å². The van der Waals surface area contributed by atoms with Crippen LogP contribution >= 0.6 is 0 Å². The van der Waals surface area contributed by atoms with Gasteiger partial charge in [0.1, 0.15) is 6.04 Å². The lowest BCUT2D eigenvalue weighted by Crippen LogP contribution is -2.20. The van der Waals surface area contributed by atoms with Crippen LogP contribution in [0.15, 0.2) is 18.2 Å². The Morgan fingerprint density at radius 3 is 2.60 bits per heavy atom. The number of phenolic OH excluding ortho intramolecular Hbond substituents is 1. The van der Waals surface area contributed by atoms with Crippen LogP contribution in [0.25, 0.3) is 0 Å². The fourth-order valence-electron chi connectivity index (χ4n) is 1.02. The summed E-state index contributed by atoms with van der Waals surface area (Å²) in [6, 6.07) is 1.86. The second-order valence-corrected chi connectivity index (χ2v) is 2.82. The van der Waals surface area contributed by atoms with Crippen LogP contribution in [0.3, 0.4) is 0 Å². The van der Waals surface area contributed by atoms with Crippen molar-refractivity contribution in [1.29, 1.82) is 0 Å². The molecule has 0 aliphatic carbocycles. The molecule has 0 bridgehead atoms. The minimum absolute atomic E-state index is 0.0620. The lowest BCUT2D eigenvalue weighted by Gasteiger charge is -2.06. The third-order valence-electron chi connectivity index (χ3n) is 1.82. The molecule has 7 nitrogen and oxygen atoms in total. The Kier molecular flexibility index (Phi) is 2.86. The van der Waals surface area contributed by atoms with Crippen LogP contribution in [0.1, 0.15) is 11.6 Å². The quantitative estimate of drug-likeness (QED) is 0.491. The number of rotatable bonds is 3. The standard InChI is InChI=1S/C8H8N2O5/c9-7(8(12)13)4-1-2-6(11)5(3-4)10(14)15/h1-3,7,11H,9H2,(H,12,13). The summed E-state index contributed by atoms with van der Waals surface area (Å²) >= 11 is 0. The van der Waals surface area contributed by atoms with Crippen molar-refractivity contribution in [3.63, 3.8) is 0 Å². The first kappa shape index (κ1) is 10.9. The highest BCUT2D eigenvalue weighted by molar-refractivity contribution is 5.75. The number of hydrogen-bond donors (Lipinski definition) is 3. The lowest BCUT2D eigenvalue weighted by atomic mass is 10.1. The Morgan fingerprint density at radius 1 is 1.53 bits per heavy atom. The van der Waals surface area contributed by atoms with Crippen molar-refractivity contribution >= 4 is 11.7 Å². The second-order valence-electron chi connectivity index (χ2n) is 2.82. The number of benzene rings is 1. The predicted molar refractivity (Wildman–Crippen MR) is 49.3 cm³/mol. The summed E-state index contributed by atoms with van der Waals surface area (Å²) in [6.07, 6.45) is 0. The Balaban J connectivity index is 3.18. The third-order valence-corrected chi connectivity index (χ3v) is 1.82.